The second kappa shape index (κ2) is 4.66. The van der Waals surface area contributed by atoms with Crippen LogP contribution in [0.1, 0.15) is 4.88 Å². The Morgan fingerprint density at radius 1 is 1.50 bits per heavy atom. The molecule has 1 heterocycles. The minimum absolute atomic E-state index is 0.211. The van der Waals surface area contributed by atoms with Crippen LogP contribution in [0.4, 0.5) is 12.9 Å². The Balaban J connectivity index is 2.26. The lowest BCUT2D eigenvalue weighted by Gasteiger charge is -2.17. The minimum atomic E-state index is -4.96. The van der Waals surface area contributed by atoms with Gasteiger partial charge < -0.3 is 17.7 Å². The first-order chi connectivity index (χ1) is 6.50. The van der Waals surface area contributed by atoms with E-state index in [1.807, 2.05) is 17.5 Å². The van der Waals surface area contributed by atoms with E-state index in [2.05, 4.69) is 6.58 Å². The molecule has 0 unspecified atom stereocenters. The summed E-state index contributed by atoms with van der Waals surface area (Å²) in [5, 5.41) is 1.85. The summed E-state index contributed by atoms with van der Waals surface area (Å²) >= 11 is 1.45. The lowest BCUT2D eigenvalue weighted by Crippen LogP contribution is -2.22. The van der Waals surface area contributed by atoms with Crippen molar-refractivity contribution in [3.63, 3.8) is 0 Å². The van der Waals surface area contributed by atoms with Crippen molar-refractivity contribution in [1.29, 1.82) is 0 Å². The summed E-state index contributed by atoms with van der Waals surface area (Å²) in [4.78, 5) is 0.910. The highest BCUT2D eigenvalue weighted by Crippen LogP contribution is 2.19. The number of hydrogen-bond donors (Lipinski definition) is 0. The molecule has 0 atom stereocenters. The molecule has 0 aliphatic rings. The summed E-state index contributed by atoms with van der Waals surface area (Å²) in [5.41, 5.74) is -0.790. The van der Waals surface area contributed by atoms with Gasteiger partial charge in [0.25, 0.3) is 0 Å². The Morgan fingerprint density at radius 3 is 2.71 bits per heavy atom. The van der Waals surface area contributed by atoms with Crippen molar-refractivity contribution in [2.45, 2.75) is 6.61 Å². The average molecular weight is 221 g/mol. The molecule has 0 saturated heterocycles. The van der Waals surface area contributed by atoms with Gasteiger partial charge in [-0.1, -0.05) is 6.07 Å². The topological polar surface area (TPSA) is 9.23 Å². The van der Waals surface area contributed by atoms with Gasteiger partial charge in [-0.25, -0.2) is 0 Å². The summed E-state index contributed by atoms with van der Waals surface area (Å²) in [5.74, 6) is 0. The van der Waals surface area contributed by atoms with Crippen molar-refractivity contribution in [3.05, 3.63) is 34.4 Å². The van der Waals surface area contributed by atoms with E-state index < -0.39 is 19.1 Å². The van der Waals surface area contributed by atoms with E-state index in [1.165, 1.54) is 11.3 Å². The van der Waals surface area contributed by atoms with Gasteiger partial charge in [-0.15, -0.1) is 23.4 Å². The predicted octanol–water partition coefficient (Wildman–Crippen LogP) is 3.21. The summed E-state index contributed by atoms with van der Waals surface area (Å²) in [7, 11) is 0. The lowest BCUT2D eigenvalue weighted by molar-refractivity contribution is 0.145. The fraction of sp³-hybridized carbons (Fsp3) is 0.250. The van der Waals surface area contributed by atoms with Gasteiger partial charge in [-0.2, -0.15) is 0 Å². The Morgan fingerprint density at radius 2 is 2.21 bits per heavy atom. The molecular formula is C8H9BF3OS-. The Kier molecular flexibility index (Phi) is 3.77. The van der Waals surface area contributed by atoms with Crippen molar-refractivity contribution in [2.24, 2.45) is 0 Å². The minimum Gasteiger partial charge on any atom is -0.445 e. The summed E-state index contributed by atoms with van der Waals surface area (Å²) in [6.07, 6.45) is 0. The van der Waals surface area contributed by atoms with Crippen LogP contribution < -0.4 is 0 Å². The molecular weight excluding hydrogens is 212 g/mol. The van der Waals surface area contributed by atoms with Gasteiger partial charge in [0.15, 0.2) is 0 Å². The zero-order valence-electron chi connectivity index (χ0n) is 7.38. The molecule has 1 rings (SSSR count). The fourth-order valence-corrected chi connectivity index (χ4v) is 1.41. The molecule has 0 fully saturated rings. The average Bonchev–Trinajstić information content (AvgIpc) is 2.55. The van der Waals surface area contributed by atoms with E-state index in [1.54, 1.807) is 0 Å². The summed E-state index contributed by atoms with van der Waals surface area (Å²) in [6.45, 7) is -2.26. The van der Waals surface area contributed by atoms with Crippen LogP contribution in [0.3, 0.4) is 0 Å². The molecule has 1 aromatic rings. The summed E-state index contributed by atoms with van der Waals surface area (Å²) in [6, 6.07) is 3.64. The Hall–Kier alpha value is -0.745. The molecule has 0 spiro atoms. The molecule has 0 aliphatic carbocycles. The smallest absolute Gasteiger partial charge is 0.445 e. The van der Waals surface area contributed by atoms with Crippen molar-refractivity contribution < 1.29 is 17.7 Å². The van der Waals surface area contributed by atoms with Crippen LogP contribution in [0.15, 0.2) is 29.6 Å². The predicted molar refractivity (Wildman–Crippen MR) is 52.2 cm³/mol. The third-order valence-corrected chi connectivity index (χ3v) is 2.42. The molecule has 78 valence electrons. The highest BCUT2D eigenvalue weighted by atomic mass is 32.1. The van der Waals surface area contributed by atoms with E-state index >= 15 is 0 Å². The van der Waals surface area contributed by atoms with Gasteiger partial charge in [0.05, 0.1) is 6.61 Å². The van der Waals surface area contributed by atoms with Crippen LogP contribution in [0, 0.1) is 0 Å². The molecule has 0 saturated carbocycles. The third kappa shape index (κ3) is 3.55. The van der Waals surface area contributed by atoms with Crippen LogP contribution in [-0.4, -0.2) is 13.6 Å². The van der Waals surface area contributed by atoms with Crippen molar-refractivity contribution in [2.75, 3.05) is 6.61 Å². The fourth-order valence-electron chi connectivity index (χ4n) is 0.772. The Bertz CT molecular complexity index is 294. The van der Waals surface area contributed by atoms with E-state index in [4.69, 9.17) is 4.74 Å². The van der Waals surface area contributed by atoms with Crippen molar-refractivity contribution >= 4 is 18.3 Å². The van der Waals surface area contributed by atoms with Crippen LogP contribution >= 0.6 is 11.3 Å². The first kappa shape index (κ1) is 11.3. The first-order valence-corrected chi connectivity index (χ1v) is 4.86. The highest BCUT2D eigenvalue weighted by Gasteiger charge is 2.26. The molecule has 0 radical (unpaired) electrons. The third-order valence-electron chi connectivity index (χ3n) is 1.57. The lowest BCUT2D eigenvalue weighted by atomic mass is 9.81. The van der Waals surface area contributed by atoms with E-state index in [0.29, 0.717) is 0 Å². The van der Waals surface area contributed by atoms with Gasteiger partial charge in [0, 0.05) is 11.5 Å². The highest BCUT2D eigenvalue weighted by molar-refractivity contribution is 7.09. The largest absolute Gasteiger partial charge is 0.507 e. The zero-order chi connectivity index (χ0) is 10.6. The monoisotopic (exact) mass is 221 g/mol. The van der Waals surface area contributed by atoms with Gasteiger partial charge >= 0.3 is 6.98 Å². The van der Waals surface area contributed by atoms with Crippen molar-refractivity contribution in [3.8, 4) is 0 Å². The van der Waals surface area contributed by atoms with Crippen LogP contribution in [-0.2, 0) is 11.3 Å². The molecule has 6 heteroatoms. The normalized spacial score (nSPS) is 11.6. The zero-order valence-corrected chi connectivity index (χ0v) is 8.20. The number of hydrogen-bond acceptors (Lipinski definition) is 2. The number of rotatable bonds is 5. The molecule has 0 aliphatic heterocycles. The molecule has 1 aromatic heterocycles. The van der Waals surface area contributed by atoms with E-state index in [0.717, 1.165) is 4.88 Å². The molecule has 1 nitrogen and oxygen atoms in total. The van der Waals surface area contributed by atoms with E-state index in [9.17, 15) is 12.9 Å². The van der Waals surface area contributed by atoms with Crippen LogP contribution in [0.25, 0.3) is 0 Å². The van der Waals surface area contributed by atoms with E-state index in [-0.39, 0.29) is 6.61 Å². The van der Waals surface area contributed by atoms with Gasteiger partial charge in [0.2, 0.25) is 0 Å². The standard InChI is InChI=1S/C8H9BF3OS/c1-7(9(10,11)12)5-13-6-8-3-2-4-14-8/h2-4H,1,5-6H2/q-1. The molecule has 0 aromatic carbocycles. The molecule has 14 heavy (non-hydrogen) atoms. The molecule has 0 amide bonds. The van der Waals surface area contributed by atoms with Gasteiger partial charge in [-0.3, -0.25) is 0 Å². The van der Waals surface area contributed by atoms with Gasteiger partial charge in [-0.05, 0) is 11.4 Å². The SMILES string of the molecule is C=C(COCc1cccs1)[B-](F)(F)F. The van der Waals surface area contributed by atoms with Crippen molar-refractivity contribution in [1.82, 2.24) is 0 Å². The number of thiophene rings is 1. The maximum absolute atomic E-state index is 12.0. The summed E-state index contributed by atoms with van der Waals surface area (Å²) < 4.78 is 40.9. The second-order valence-electron chi connectivity index (χ2n) is 2.81. The Labute approximate surface area is 84.3 Å². The van der Waals surface area contributed by atoms with Gasteiger partial charge in [0.1, 0.15) is 0 Å². The maximum atomic E-state index is 12.0. The molecule has 0 bridgehead atoms. The molecule has 0 N–H and O–H groups in total. The number of halogens is 3. The maximum Gasteiger partial charge on any atom is 0.507 e. The number of ether oxygens (including phenoxy) is 1. The quantitative estimate of drug-likeness (QED) is 0.693. The first-order valence-electron chi connectivity index (χ1n) is 3.98. The van der Waals surface area contributed by atoms with Crippen LogP contribution in [0.2, 0.25) is 0 Å². The van der Waals surface area contributed by atoms with Crippen LogP contribution in [0.5, 0.6) is 0 Å². The second-order valence-corrected chi connectivity index (χ2v) is 3.84.